The number of pyridine rings is 4. The van der Waals surface area contributed by atoms with Gasteiger partial charge in [-0.25, -0.2) is 14.4 Å². The van der Waals surface area contributed by atoms with Crippen LogP contribution in [0.3, 0.4) is 0 Å². The third-order valence-corrected chi connectivity index (χ3v) is 12.0. The lowest BCUT2D eigenvalue weighted by atomic mass is 10.0. The number of carbonyl (C=O) groups is 6. The zero-order valence-electron chi connectivity index (χ0n) is 46.7. The van der Waals surface area contributed by atoms with Gasteiger partial charge in [-0.05, 0) is 95.9 Å². The highest BCUT2D eigenvalue weighted by Crippen LogP contribution is 2.34. The lowest BCUT2D eigenvalue weighted by molar-refractivity contribution is -0.139. The second kappa shape index (κ2) is 31.2. The molecule has 6 heterocycles. The van der Waals surface area contributed by atoms with Crippen LogP contribution in [0, 0.1) is 0 Å². The van der Waals surface area contributed by atoms with Crippen molar-refractivity contribution >= 4 is 86.7 Å². The number of amides is 4. The number of hydrogen-bond acceptors (Lipinski definition) is 15. The number of carboxylic acids is 1. The number of H-pyrrole nitrogens is 2. The smallest absolute Gasteiger partial charge is 0.407 e. The number of Topliss-reactive ketones (excluding diaryl/α,β-unsaturated/α-hetero) is 1. The largest absolute Gasteiger partial charge is 0.487 e. The number of fused-ring (bicyclic) bond motifs is 2. The number of allylic oxidation sites excluding steroid dienone is 2. The molecule has 24 nitrogen and oxygen atoms in total. The highest BCUT2D eigenvalue weighted by Gasteiger charge is 2.23. The highest BCUT2D eigenvalue weighted by atomic mass is 35.5. The van der Waals surface area contributed by atoms with Gasteiger partial charge in [-0.1, -0.05) is 41.4 Å². The van der Waals surface area contributed by atoms with Crippen molar-refractivity contribution in [3.63, 3.8) is 0 Å². The van der Waals surface area contributed by atoms with Crippen molar-refractivity contribution in [2.45, 2.75) is 97.2 Å². The van der Waals surface area contributed by atoms with Crippen molar-refractivity contribution < 1.29 is 52.8 Å². The maximum Gasteiger partial charge on any atom is 0.407 e. The molecule has 0 spiro atoms. The molecule has 0 unspecified atom stereocenters. The Balaban J connectivity index is 0.000000290. The van der Waals surface area contributed by atoms with Gasteiger partial charge in [0, 0.05) is 64.0 Å². The molecule has 6 aromatic heterocycles. The topological polar surface area (TPSA) is 317 Å². The van der Waals surface area contributed by atoms with Crippen molar-refractivity contribution in [2.75, 3.05) is 48.1 Å². The molecule has 2 atom stereocenters. The number of ketones is 1. The van der Waals surface area contributed by atoms with Crippen LogP contribution < -0.4 is 37.0 Å². The normalized spacial score (nSPS) is 11.8. The number of aromatic amines is 2. The number of aliphatic carboxylic acids is 1. The van der Waals surface area contributed by atoms with Crippen LogP contribution in [0.15, 0.2) is 95.1 Å². The van der Waals surface area contributed by atoms with E-state index in [-0.39, 0.29) is 78.0 Å². The van der Waals surface area contributed by atoms with E-state index in [0.29, 0.717) is 57.7 Å². The Kier molecular flexibility index (Phi) is 25.0. The molecule has 0 aromatic carbocycles. The molecule has 4 amide bonds. The van der Waals surface area contributed by atoms with E-state index in [1.54, 1.807) is 83.2 Å². The SMILES string of the molecule is CC(C)Oc1c(Cl)cnc2cc(Cn3cccc(N)c3=O)[nH]c12.COC(=O)N[C@@H](CC/C=C/C(=O)N(C)C)C(=O)Cc1cccn(Cc2cc3ncc(Cl)c(OC(C)C)c3[nH]2)c1=O.COC(=O)N[C@@H](CC/C=C/C(=O)N(C)C)C(=O)O. The minimum absolute atomic E-state index is 0.0126. The molecule has 0 bridgehead atoms. The molecule has 81 heavy (non-hydrogen) atoms. The standard InChI is InChI=1S/C28H34ClN5O6.C16H17ClN4O2.C11H18N2O5/c1-17(2)40-26-20(29)15-30-22-14-19(31-25(22)26)16-34-12-8-9-18(27(34)37)13-23(35)21(32-28(38)39-5)10-6-7-11-24(36)33(3)4;1-9(2)23-15-11(17)7-19-13-6-10(20-14(13)15)8-21-5-3-4-12(18)16(21)22;1-13(2)9(14)7-5-4-6-8(10(15)16)12-11(17)18-3/h7-9,11-12,14-15,17,21,31H,6,10,13,16H2,1-5H3,(H,32,38);3-7,9,20H,8,18H2,1-2H3;5,7-8H,4,6H2,1-3H3,(H,12,17)(H,15,16)/b11-7+;;7-5+/t21-;;8-/m0.0/s1. The summed E-state index contributed by atoms with van der Waals surface area (Å²) in [5.74, 6) is -0.809. The summed E-state index contributed by atoms with van der Waals surface area (Å²) in [6.45, 7) is 8.21. The fourth-order valence-corrected chi connectivity index (χ4v) is 7.77. The number of carboxylic acid groups (broad SMARTS) is 1. The molecule has 0 aliphatic carbocycles. The molecule has 0 saturated carbocycles. The Morgan fingerprint density at radius 1 is 0.704 bits per heavy atom. The fraction of sp³-hybridized carbons (Fsp3) is 0.382. The quantitative estimate of drug-likeness (QED) is 0.0396. The summed E-state index contributed by atoms with van der Waals surface area (Å²) in [4.78, 5) is 113. The number of nitrogens with two attached hydrogens (primary N) is 1. The van der Waals surface area contributed by atoms with Crippen molar-refractivity contribution in [3.05, 3.63) is 133 Å². The van der Waals surface area contributed by atoms with Crippen LogP contribution in [0.2, 0.25) is 10.0 Å². The van der Waals surface area contributed by atoms with E-state index in [1.165, 1.54) is 44.4 Å². The number of hydrogen-bond donors (Lipinski definition) is 6. The first kappa shape index (κ1) is 64.9. The third kappa shape index (κ3) is 19.9. The van der Waals surface area contributed by atoms with Gasteiger partial charge in [0.05, 0.1) is 74.7 Å². The number of nitrogens with one attached hydrogen (secondary N) is 4. The van der Waals surface area contributed by atoms with E-state index < -0.39 is 30.2 Å². The van der Waals surface area contributed by atoms with Crippen LogP contribution in [-0.4, -0.2) is 146 Å². The lowest BCUT2D eigenvalue weighted by Crippen LogP contribution is -2.42. The molecule has 0 aliphatic rings. The fourth-order valence-electron chi connectivity index (χ4n) is 7.40. The molecule has 26 heteroatoms. The molecule has 6 rings (SSSR count). The average molecular weight is 1160 g/mol. The number of methoxy groups -OCH3 is 2. The molecule has 7 N–H and O–H groups in total. The van der Waals surface area contributed by atoms with Crippen LogP contribution in [0.4, 0.5) is 15.3 Å². The molecule has 0 radical (unpaired) electrons. The van der Waals surface area contributed by atoms with E-state index in [2.05, 4.69) is 40.0 Å². The zero-order chi connectivity index (χ0) is 60.1. The predicted octanol–water partition coefficient (Wildman–Crippen LogP) is 6.49. The van der Waals surface area contributed by atoms with Gasteiger partial charge in [0.1, 0.15) is 27.1 Å². The van der Waals surface area contributed by atoms with Crippen molar-refractivity contribution in [1.29, 1.82) is 0 Å². The van der Waals surface area contributed by atoms with E-state index in [1.807, 2.05) is 39.8 Å². The molecule has 436 valence electrons. The Bertz CT molecular complexity index is 3340. The summed E-state index contributed by atoms with van der Waals surface area (Å²) >= 11 is 12.5. The molecule has 0 aliphatic heterocycles. The van der Waals surface area contributed by atoms with Crippen molar-refractivity contribution in [3.8, 4) is 11.5 Å². The van der Waals surface area contributed by atoms with Crippen LogP contribution in [0.1, 0.15) is 70.3 Å². The summed E-state index contributed by atoms with van der Waals surface area (Å²) in [6, 6.07) is 8.35. The first-order chi connectivity index (χ1) is 38.3. The summed E-state index contributed by atoms with van der Waals surface area (Å²) in [6.07, 6.45) is 11.7. The maximum atomic E-state index is 13.3. The summed E-state index contributed by atoms with van der Waals surface area (Å²) in [5.41, 5.74) is 9.84. The number of likely N-dealkylation sites (N-methyl/N-ethyl adjacent to an activating group) is 2. The number of anilines is 1. The Morgan fingerprint density at radius 2 is 1.14 bits per heavy atom. The average Bonchev–Trinajstić information content (AvgIpc) is 4.20. The molecular weight excluding hydrogens is 1090 g/mol. The van der Waals surface area contributed by atoms with Gasteiger partial charge in [0.2, 0.25) is 11.8 Å². The monoisotopic (exact) mass is 1160 g/mol. The molecular formula is C55H69Cl2N11O13. The van der Waals surface area contributed by atoms with Gasteiger partial charge in [-0.3, -0.25) is 33.9 Å². The first-order valence-corrected chi connectivity index (χ1v) is 26.1. The number of rotatable bonds is 22. The highest BCUT2D eigenvalue weighted by molar-refractivity contribution is 6.33. The van der Waals surface area contributed by atoms with Crippen molar-refractivity contribution in [1.82, 2.24) is 49.5 Å². The summed E-state index contributed by atoms with van der Waals surface area (Å²) in [5, 5.41) is 14.4. The number of carbonyl (C=O) groups excluding carboxylic acids is 5. The predicted molar refractivity (Wildman–Crippen MR) is 307 cm³/mol. The van der Waals surface area contributed by atoms with E-state index in [9.17, 15) is 38.4 Å². The second-order valence-corrected chi connectivity index (χ2v) is 19.8. The number of ether oxygens (including phenoxy) is 4. The first-order valence-electron chi connectivity index (χ1n) is 25.3. The number of halogens is 2. The number of alkyl carbamates (subject to hydrolysis) is 2. The Hall–Kier alpha value is -8.64. The number of aromatic nitrogens is 6. The van der Waals surface area contributed by atoms with Crippen LogP contribution in [0.5, 0.6) is 11.5 Å². The second-order valence-electron chi connectivity index (χ2n) is 19.0. The van der Waals surface area contributed by atoms with Gasteiger partial charge in [0.25, 0.3) is 11.1 Å². The van der Waals surface area contributed by atoms with E-state index in [4.69, 9.17) is 43.5 Å². The van der Waals surface area contributed by atoms with Gasteiger partial charge >= 0.3 is 18.2 Å². The summed E-state index contributed by atoms with van der Waals surface area (Å²) < 4.78 is 23.6. The van der Waals surface area contributed by atoms with Crippen LogP contribution in [-0.2, 0) is 48.2 Å². The minimum atomic E-state index is -1.15. The van der Waals surface area contributed by atoms with Gasteiger partial charge in [0.15, 0.2) is 17.3 Å². The lowest BCUT2D eigenvalue weighted by Gasteiger charge is -2.16. The van der Waals surface area contributed by atoms with Crippen molar-refractivity contribution in [2.24, 2.45) is 0 Å². The molecule has 6 aromatic rings. The molecule has 0 saturated heterocycles. The zero-order valence-corrected chi connectivity index (χ0v) is 48.2. The maximum absolute atomic E-state index is 13.3. The van der Waals surface area contributed by atoms with Gasteiger partial charge < -0.3 is 69.3 Å². The third-order valence-electron chi connectivity index (χ3n) is 11.4. The summed E-state index contributed by atoms with van der Waals surface area (Å²) in [7, 11) is 8.86. The van der Waals surface area contributed by atoms with Crippen LogP contribution in [0.25, 0.3) is 22.1 Å². The van der Waals surface area contributed by atoms with E-state index in [0.717, 1.165) is 23.8 Å². The Morgan fingerprint density at radius 3 is 1.57 bits per heavy atom. The van der Waals surface area contributed by atoms with Crippen LogP contribution >= 0.6 is 23.2 Å². The molecule has 0 fully saturated rings. The minimum Gasteiger partial charge on any atom is -0.487 e. The van der Waals surface area contributed by atoms with E-state index >= 15 is 0 Å². The number of nitrogens with zero attached hydrogens (tertiary/aromatic N) is 6. The van der Waals surface area contributed by atoms with Gasteiger partial charge in [-0.15, -0.1) is 0 Å². The Labute approximate surface area is 477 Å². The van der Waals surface area contributed by atoms with Gasteiger partial charge in [-0.2, -0.15) is 0 Å². The number of nitrogen functional groups attached to an aromatic ring is 1.